The second-order valence-electron chi connectivity index (χ2n) is 4.28. The summed E-state index contributed by atoms with van der Waals surface area (Å²) in [6.07, 6.45) is 3.23. The Kier molecular flexibility index (Phi) is 3.99. The van der Waals surface area contributed by atoms with Crippen LogP contribution in [0, 0.1) is 0 Å². The minimum absolute atomic E-state index is 0.493. The number of halogens is 2. The largest absolute Gasteiger partial charge is 0.200 e. The van der Waals surface area contributed by atoms with Gasteiger partial charge in [0.05, 0.1) is 16.3 Å². The maximum atomic E-state index is 5.98. The van der Waals surface area contributed by atoms with Crippen LogP contribution in [0.15, 0.2) is 60.0 Å². The van der Waals surface area contributed by atoms with Crippen LogP contribution in [0.2, 0.25) is 10.0 Å². The molecule has 0 aliphatic rings. The zero-order valence-corrected chi connectivity index (χ0v) is 12.3. The Morgan fingerprint density at radius 1 is 1.00 bits per heavy atom. The zero-order valence-electron chi connectivity index (χ0n) is 10.8. The average Bonchev–Trinajstić information content (AvgIpc) is 2.98. The van der Waals surface area contributed by atoms with E-state index in [2.05, 4.69) is 15.3 Å². The van der Waals surface area contributed by atoms with Gasteiger partial charge in [0.15, 0.2) is 5.82 Å². The number of benzene rings is 2. The molecular weight excluding hydrogens is 307 g/mol. The van der Waals surface area contributed by atoms with Gasteiger partial charge in [0.25, 0.3) is 0 Å². The second-order valence-corrected chi connectivity index (χ2v) is 5.10. The Labute approximate surface area is 131 Å². The molecule has 4 nitrogen and oxygen atoms in total. The maximum Gasteiger partial charge on any atom is 0.184 e. The predicted molar refractivity (Wildman–Crippen MR) is 84.9 cm³/mol. The van der Waals surface area contributed by atoms with Crippen LogP contribution in [-0.4, -0.2) is 21.1 Å². The van der Waals surface area contributed by atoms with Crippen molar-refractivity contribution in [3.05, 3.63) is 70.5 Å². The molecule has 3 aromatic rings. The van der Waals surface area contributed by atoms with Gasteiger partial charge in [0.2, 0.25) is 0 Å². The standard InChI is InChI=1S/C15H10Cl2N4/c16-13-7-6-11(8-14(13)17)9-19-21-10-18-20-15(21)12-4-2-1-3-5-12/h1-10H/b19-9-. The average molecular weight is 317 g/mol. The fraction of sp³-hybridized carbons (Fsp3) is 0. The molecule has 0 N–H and O–H groups in total. The number of hydrogen-bond donors (Lipinski definition) is 0. The first-order valence-electron chi connectivity index (χ1n) is 6.19. The van der Waals surface area contributed by atoms with Crippen molar-refractivity contribution < 1.29 is 0 Å². The number of hydrogen-bond acceptors (Lipinski definition) is 3. The van der Waals surface area contributed by atoms with E-state index in [1.807, 2.05) is 36.4 Å². The van der Waals surface area contributed by atoms with Gasteiger partial charge in [-0.2, -0.15) is 9.78 Å². The van der Waals surface area contributed by atoms with Crippen LogP contribution in [0.25, 0.3) is 11.4 Å². The minimum atomic E-state index is 0.493. The lowest BCUT2D eigenvalue weighted by molar-refractivity contribution is 0.888. The first kappa shape index (κ1) is 13.8. The van der Waals surface area contributed by atoms with Crippen LogP contribution >= 0.6 is 23.2 Å². The molecule has 1 aromatic heterocycles. The molecule has 0 radical (unpaired) electrons. The summed E-state index contributed by atoms with van der Waals surface area (Å²) in [7, 11) is 0. The normalized spacial score (nSPS) is 11.1. The molecule has 0 spiro atoms. The van der Waals surface area contributed by atoms with E-state index in [0.29, 0.717) is 15.9 Å². The molecule has 2 aromatic carbocycles. The summed E-state index contributed by atoms with van der Waals surface area (Å²) in [5.41, 5.74) is 1.79. The highest BCUT2D eigenvalue weighted by Gasteiger charge is 2.05. The monoisotopic (exact) mass is 316 g/mol. The Morgan fingerprint density at radius 2 is 1.81 bits per heavy atom. The molecule has 6 heteroatoms. The third kappa shape index (κ3) is 3.12. The van der Waals surface area contributed by atoms with Crippen molar-refractivity contribution in [3.63, 3.8) is 0 Å². The summed E-state index contributed by atoms with van der Waals surface area (Å²) in [5, 5.41) is 13.3. The van der Waals surface area contributed by atoms with Crippen molar-refractivity contribution in [2.45, 2.75) is 0 Å². The molecule has 104 valence electrons. The summed E-state index contributed by atoms with van der Waals surface area (Å²) < 4.78 is 1.61. The Balaban J connectivity index is 1.90. The fourth-order valence-electron chi connectivity index (χ4n) is 1.81. The molecule has 0 bridgehead atoms. The van der Waals surface area contributed by atoms with Crippen molar-refractivity contribution in [3.8, 4) is 11.4 Å². The van der Waals surface area contributed by atoms with Crippen LogP contribution < -0.4 is 0 Å². The van der Waals surface area contributed by atoms with Crippen molar-refractivity contribution in [2.24, 2.45) is 5.10 Å². The molecule has 0 aliphatic heterocycles. The van der Waals surface area contributed by atoms with E-state index in [9.17, 15) is 0 Å². The lowest BCUT2D eigenvalue weighted by Gasteiger charge is -2.01. The molecule has 0 unspecified atom stereocenters. The maximum absolute atomic E-state index is 5.98. The first-order valence-corrected chi connectivity index (χ1v) is 6.94. The molecule has 0 aliphatic carbocycles. The van der Waals surface area contributed by atoms with Crippen LogP contribution in [-0.2, 0) is 0 Å². The molecule has 1 heterocycles. The number of rotatable bonds is 3. The predicted octanol–water partition coefficient (Wildman–Crippen LogP) is 4.13. The van der Waals surface area contributed by atoms with E-state index in [1.165, 1.54) is 0 Å². The first-order chi connectivity index (χ1) is 10.2. The highest BCUT2D eigenvalue weighted by Crippen LogP contribution is 2.22. The molecule has 0 amide bonds. The van der Waals surface area contributed by atoms with Crippen molar-refractivity contribution >= 4 is 29.4 Å². The van der Waals surface area contributed by atoms with Gasteiger partial charge in [-0.3, -0.25) is 0 Å². The molecule has 3 rings (SSSR count). The van der Waals surface area contributed by atoms with Gasteiger partial charge >= 0.3 is 0 Å². The minimum Gasteiger partial charge on any atom is -0.200 e. The van der Waals surface area contributed by atoms with E-state index < -0.39 is 0 Å². The molecule has 0 saturated carbocycles. The molecule has 0 saturated heterocycles. The Morgan fingerprint density at radius 3 is 2.57 bits per heavy atom. The van der Waals surface area contributed by atoms with Gasteiger partial charge < -0.3 is 0 Å². The third-order valence-corrected chi connectivity index (χ3v) is 3.58. The lowest BCUT2D eigenvalue weighted by Crippen LogP contribution is -1.93. The fourth-order valence-corrected chi connectivity index (χ4v) is 2.12. The van der Waals surface area contributed by atoms with E-state index in [-0.39, 0.29) is 0 Å². The molecular formula is C15H10Cl2N4. The topological polar surface area (TPSA) is 43.1 Å². The van der Waals surface area contributed by atoms with Crippen LogP contribution in [0.4, 0.5) is 0 Å². The third-order valence-electron chi connectivity index (χ3n) is 2.84. The Hall–Kier alpha value is -2.17. The molecule has 21 heavy (non-hydrogen) atoms. The van der Waals surface area contributed by atoms with Crippen LogP contribution in [0.1, 0.15) is 5.56 Å². The summed E-state index contributed by atoms with van der Waals surface area (Å²) >= 11 is 11.9. The lowest BCUT2D eigenvalue weighted by atomic mass is 10.2. The van der Waals surface area contributed by atoms with Crippen molar-refractivity contribution in [2.75, 3.05) is 0 Å². The highest BCUT2D eigenvalue weighted by atomic mass is 35.5. The van der Waals surface area contributed by atoms with Crippen molar-refractivity contribution in [1.82, 2.24) is 14.9 Å². The summed E-state index contributed by atoms with van der Waals surface area (Å²) in [4.78, 5) is 0. The zero-order chi connectivity index (χ0) is 14.7. The van der Waals surface area contributed by atoms with Crippen molar-refractivity contribution in [1.29, 1.82) is 0 Å². The summed E-state index contributed by atoms with van der Waals surface area (Å²) in [6, 6.07) is 15.1. The van der Waals surface area contributed by atoms with Gasteiger partial charge in [-0.1, -0.05) is 59.6 Å². The van der Waals surface area contributed by atoms with E-state index in [0.717, 1.165) is 11.1 Å². The van der Waals surface area contributed by atoms with Gasteiger partial charge in [-0.25, -0.2) is 0 Å². The second kappa shape index (κ2) is 6.08. The Bertz CT molecular complexity index is 781. The quantitative estimate of drug-likeness (QED) is 0.682. The van der Waals surface area contributed by atoms with Crippen LogP contribution in [0.5, 0.6) is 0 Å². The van der Waals surface area contributed by atoms with E-state index in [1.54, 1.807) is 29.4 Å². The molecule has 0 fully saturated rings. The van der Waals surface area contributed by atoms with E-state index >= 15 is 0 Å². The van der Waals surface area contributed by atoms with E-state index in [4.69, 9.17) is 23.2 Å². The number of nitrogens with zero attached hydrogens (tertiary/aromatic N) is 4. The molecule has 0 atom stereocenters. The highest BCUT2D eigenvalue weighted by molar-refractivity contribution is 6.42. The summed E-state index contributed by atoms with van der Waals surface area (Å²) in [5.74, 6) is 0.673. The summed E-state index contributed by atoms with van der Waals surface area (Å²) in [6.45, 7) is 0. The van der Waals surface area contributed by atoms with Gasteiger partial charge in [0.1, 0.15) is 6.33 Å². The smallest absolute Gasteiger partial charge is 0.184 e. The van der Waals surface area contributed by atoms with Gasteiger partial charge in [-0.15, -0.1) is 10.2 Å². The van der Waals surface area contributed by atoms with Gasteiger partial charge in [-0.05, 0) is 17.7 Å². The van der Waals surface area contributed by atoms with Crippen LogP contribution in [0.3, 0.4) is 0 Å². The SMILES string of the molecule is Clc1ccc(/C=N\n2cnnc2-c2ccccc2)cc1Cl. The number of aromatic nitrogens is 3. The van der Waals surface area contributed by atoms with Gasteiger partial charge in [0, 0.05) is 5.56 Å².